The summed E-state index contributed by atoms with van der Waals surface area (Å²) in [5, 5.41) is 8.93. The highest BCUT2D eigenvalue weighted by atomic mass is 32.2. The smallest absolute Gasteiger partial charge is 0.339 e. The summed E-state index contributed by atoms with van der Waals surface area (Å²) in [7, 11) is 0. The lowest BCUT2D eigenvalue weighted by atomic mass is 10.2. The number of thioether (sulfide) groups is 1. The molecule has 0 radical (unpaired) electrons. The summed E-state index contributed by atoms with van der Waals surface area (Å²) in [5.74, 6) is 0.845. The van der Waals surface area contributed by atoms with Crippen molar-refractivity contribution < 1.29 is 14.3 Å². The van der Waals surface area contributed by atoms with Crippen molar-refractivity contribution in [1.82, 2.24) is 0 Å². The van der Waals surface area contributed by atoms with Crippen molar-refractivity contribution in [1.29, 1.82) is 0 Å². The summed E-state index contributed by atoms with van der Waals surface area (Å²) in [5.41, 5.74) is 1.47. The Hall–Kier alpha value is -1.68. The summed E-state index contributed by atoms with van der Waals surface area (Å²) in [6.07, 6.45) is 0. The quantitative estimate of drug-likeness (QED) is 0.849. The highest BCUT2D eigenvalue weighted by Gasteiger charge is 2.13. The number of aromatic carboxylic acids is 1. The third kappa shape index (κ3) is 2.96. The van der Waals surface area contributed by atoms with Gasteiger partial charge in [0.2, 0.25) is 0 Å². The molecule has 0 spiro atoms. The van der Waals surface area contributed by atoms with Crippen LogP contribution in [-0.4, -0.2) is 11.1 Å². The fraction of sp³-hybridized carbons (Fsp3) is 0.214. The van der Waals surface area contributed by atoms with Gasteiger partial charge in [0.1, 0.15) is 17.1 Å². The molecule has 0 aliphatic heterocycles. The van der Waals surface area contributed by atoms with E-state index in [1.807, 2.05) is 19.1 Å². The van der Waals surface area contributed by atoms with Crippen LogP contribution >= 0.6 is 11.8 Å². The summed E-state index contributed by atoms with van der Waals surface area (Å²) in [6.45, 7) is 3.72. The van der Waals surface area contributed by atoms with Crippen molar-refractivity contribution in [2.75, 3.05) is 0 Å². The molecule has 0 unspecified atom stereocenters. The molecule has 94 valence electrons. The van der Waals surface area contributed by atoms with E-state index >= 15 is 0 Å². The number of carboxylic acids is 1. The molecular formula is C14H14O3S. The molecule has 0 saturated heterocycles. The molecular weight excluding hydrogens is 248 g/mol. The second-order valence-corrected chi connectivity index (χ2v) is 5.14. The van der Waals surface area contributed by atoms with Crippen LogP contribution in [0.3, 0.4) is 0 Å². The highest BCUT2D eigenvalue weighted by molar-refractivity contribution is 7.98. The topological polar surface area (TPSA) is 50.4 Å². The van der Waals surface area contributed by atoms with Crippen LogP contribution in [0.4, 0.5) is 0 Å². The van der Waals surface area contributed by atoms with Gasteiger partial charge in [0.15, 0.2) is 0 Å². The fourth-order valence-electron chi connectivity index (χ4n) is 1.62. The zero-order valence-electron chi connectivity index (χ0n) is 10.3. The van der Waals surface area contributed by atoms with Crippen LogP contribution in [0.5, 0.6) is 0 Å². The fourth-order valence-corrected chi connectivity index (χ4v) is 2.40. The molecule has 1 aromatic carbocycles. The van der Waals surface area contributed by atoms with Gasteiger partial charge in [-0.25, -0.2) is 4.79 Å². The van der Waals surface area contributed by atoms with E-state index in [2.05, 4.69) is 12.1 Å². The van der Waals surface area contributed by atoms with Gasteiger partial charge in [0.25, 0.3) is 0 Å². The minimum atomic E-state index is -0.942. The summed E-state index contributed by atoms with van der Waals surface area (Å²) < 4.78 is 5.42. The molecule has 0 amide bonds. The van der Waals surface area contributed by atoms with Gasteiger partial charge in [0, 0.05) is 4.90 Å². The maximum Gasteiger partial charge on any atom is 0.339 e. The van der Waals surface area contributed by atoms with E-state index in [0.717, 1.165) is 4.90 Å². The van der Waals surface area contributed by atoms with Crippen LogP contribution in [0.1, 0.15) is 27.4 Å². The first-order valence-electron chi connectivity index (χ1n) is 5.58. The van der Waals surface area contributed by atoms with Gasteiger partial charge in [-0.2, -0.15) is 0 Å². The minimum Gasteiger partial charge on any atom is -0.478 e. The van der Waals surface area contributed by atoms with E-state index < -0.39 is 5.97 Å². The van der Waals surface area contributed by atoms with Crippen LogP contribution in [0.25, 0.3) is 0 Å². The van der Waals surface area contributed by atoms with Crippen molar-refractivity contribution in [3.8, 4) is 0 Å². The van der Waals surface area contributed by atoms with Crippen molar-refractivity contribution in [2.24, 2.45) is 0 Å². The predicted molar refractivity (Wildman–Crippen MR) is 71.1 cm³/mol. The summed E-state index contributed by atoms with van der Waals surface area (Å²) in [6, 6.07) is 9.80. The molecule has 0 bridgehead atoms. The Morgan fingerprint density at radius 2 is 1.94 bits per heavy atom. The number of aryl methyl sites for hydroxylation is 2. The second kappa shape index (κ2) is 5.31. The molecule has 18 heavy (non-hydrogen) atoms. The zero-order valence-corrected chi connectivity index (χ0v) is 11.1. The maximum atomic E-state index is 10.9. The molecule has 2 aromatic rings. The molecule has 1 heterocycles. The van der Waals surface area contributed by atoms with Gasteiger partial charge in [-0.05, 0) is 32.0 Å². The number of furan rings is 1. The van der Waals surface area contributed by atoms with Crippen molar-refractivity contribution in [3.05, 3.63) is 53.0 Å². The van der Waals surface area contributed by atoms with Crippen molar-refractivity contribution in [3.63, 3.8) is 0 Å². The molecule has 0 aliphatic rings. The highest BCUT2D eigenvalue weighted by Crippen LogP contribution is 2.25. The molecule has 1 aromatic heterocycles. The van der Waals surface area contributed by atoms with E-state index in [1.54, 1.807) is 24.8 Å². The number of rotatable bonds is 4. The SMILES string of the molecule is Cc1ccc(SCc2cc(C(=O)O)c(C)o2)cc1. The van der Waals surface area contributed by atoms with Gasteiger partial charge >= 0.3 is 5.97 Å². The summed E-state index contributed by atoms with van der Waals surface area (Å²) >= 11 is 1.63. The van der Waals surface area contributed by atoms with Gasteiger partial charge in [0.05, 0.1) is 5.75 Å². The Morgan fingerprint density at radius 3 is 2.50 bits per heavy atom. The number of carbonyl (C=O) groups is 1. The predicted octanol–water partition coefficient (Wildman–Crippen LogP) is 3.89. The van der Waals surface area contributed by atoms with E-state index in [0.29, 0.717) is 17.3 Å². The van der Waals surface area contributed by atoms with E-state index in [4.69, 9.17) is 9.52 Å². The largest absolute Gasteiger partial charge is 0.478 e. The molecule has 4 heteroatoms. The van der Waals surface area contributed by atoms with Crippen LogP contribution in [0.2, 0.25) is 0 Å². The minimum absolute atomic E-state index is 0.245. The van der Waals surface area contributed by atoms with Crippen LogP contribution in [-0.2, 0) is 5.75 Å². The molecule has 0 atom stereocenters. The average Bonchev–Trinajstić information content (AvgIpc) is 2.70. The second-order valence-electron chi connectivity index (χ2n) is 4.09. The van der Waals surface area contributed by atoms with Gasteiger partial charge in [-0.3, -0.25) is 0 Å². The lowest BCUT2D eigenvalue weighted by molar-refractivity contribution is 0.0695. The van der Waals surface area contributed by atoms with Crippen LogP contribution in [0, 0.1) is 13.8 Å². The number of carboxylic acid groups (broad SMARTS) is 1. The Labute approximate surface area is 110 Å². The average molecular weight is 262 g/mol. The normalized spacial score (nSPS) is 10.6. The first kappa shape index (κ1) is 12.8. The lowest BCUT2D eigenvalue weighted by Gasteiger charge is -1.99. The molecule has 0 fully saturated rings. The Kier molecular flexibility index (Phi) is 3.77. The molecule has 0 saturated carbocycles. The zero-order chi connectivity index (χ0) is 13.1. The van der Waals surface area contributed by atoms with Crippen LogP contribution < -0.4 is 0 Å². The first-order chi connectivity index (χ1) is 8.56. The van der Waals surface area contributed by atoms with Crippen molar-refractivity contribution >= 4 is 17.7 Å². The van der Waals surface area contributed by atoms with Crippen LogP contribution in [0.15, 0.2) is 39.6 Å². The number of benzene rings is 1. The van der Waals surface area contributed by atoms with Crippen molar-refractivity contribution in [2.45, 2.75) is 24.5 Å². The van der Waals surface area contributed by atoms with Gasteiger partial charge in [-0.15, -0.1) is 11.8 Å². The molecule has 2 rings (SSSR count). The van der Waals surface area contributed by atoms with E-state index in [1.165, 1.54) is 5.56 Å². The van der Waals surface area contributed by atoms with Gasteiger partial charge < -0.3 is 9.52 Å². The molecule has 1 N–H and O–H groups in total. The Morgan fingerprint density at radius 1 is 1.28 bits per heavy atom. The number of hydrogen-bond donors (Lipinski definition) is 1. The number of hydrogen-bond acceptors (Lipinski definition) is 3. The standard InChI is InChI=1S/C14H14O3S/c1-9-3-5-12(6-4-9)18-8-11-7-13(14(15)16)10(2)17-11/h3-7H,8H2,1-2H3,(H,15,16). The Bertz CT molecular complexity index is 555. The van der Waals surface area contributed by atoms with E-state index in [-0.39, 0.29) is 5.56 Å². The van der Waals surface area contributed by atoms with Gasteiger partial charge in [-0.1, -0.05) is 17.7 Å². The molecule has 0 aliphatic carbocycles. The molecule has 3 nitrogen and oxygen atoms in total. The monoisotopic (exact) mass is 262 g/mol. The third-order valence-electron chi connectivity index (χ3n) is 2.60. The maximum absolute atomic E-state index is 10.9. The van der Waals surface area contributed by atoms with E-state index in [9.17, 15) is 4.79 Å². The first-order valence-corrected chi connectivity index (χ1v) is 6.57. The lowest BCUT2D eigenvalue weighted by Crippen LogP contribution is -1.94. The third-order valence-corrected chi connectivity index (χ3v) is 3.64. The summed E-state index contributed by atoms with van der Waals surface area (Å²) in [4.78, 5) is 12.0. The Balaban J connectivity index is 2.04.